The summed E-state index contributed by atoms with van der Waals surface area (Å²) in [7, 11) is -3.71. The van der Waals surface area contributed by atoms with Crippen LogP contribution in [0, 0.1) is 0 Å². The van der Waals surface area contributed by atoms with Gasteiger partial charge in [0.1, 0.15) is 5.75 Å². The molecular formula is C10H11F3N2O3S. The number of benzene rings is 1. The van der Waals surface area contributed by atoms with Crippen LogP contribution in [0.25, 0.3) is 0 Å². The normalized spacial score (nSPS) is 17.0. The molecule has 0 amide bonds. The lowest BCUT2D eigenvalue weighted by molar-refractivity contribution is -0.274. The average Bonchev–Trinajstić information content (AvgIpc) is 2.22. The van der Waals surface area contributed by atoms with Gasteiger partial charge in [-0.1, -0.05) is 0 Å². The lowest BCUT2D eigenvalue weighted by atomic mass is 10.2. The minimum Gasteiger partial charge on any atom is -0.406 e. The van der Waals surface area contributed by atoms with Gasteiger partial charge < -0.3 is 10.1 Å². The highest BCUT2D eigenvalue weighted by Gasteiger charge is 2.31. The molecule has 0 unspecified atom stereocenters. The smallest absolute Gasteiger partial charge is 0.406 e. The van der Waals surface area contributed by atoms with Gasteiger partial charge in [-0.25, -0.2) is 13.1 Å². The van der Waals surface area contributed by atoms with Gasteiger partial charge in [0.05, 0.1) is 4.90 Å². The van der Waals surface area contributed by atoms with Crippen LogP contribution in [0.2, 0.25) is 0 Å². The molecule has 19 heavy (non-hydrogen) atoms. The van der Waals surface area contributed by atoms with Crippen LogP contribution >= 0.6 is 0 Å². The molecule has 1 aliphatic rings. The number of rotatable bonds is 4. The van der Waals surface area contributed by atoms with Crippen LogP contribution in [0.4, 0.5) is 13.2 Å². The number of sulfonamides is 1. The van der Waals surface area contributed by atoms with Crippen LogP contribution in [-0.2, 0) is 10.0 Å². The van der Waals surface area contributed by atoms with E-state index in [1.807, 2.05) is 0 Å². The number of halogens is 3. The van der Waals surface area contributed by atoms with Gasteiger partial charge in [-0.15, -0.1) is 13.2 Å². The van der Waals surface area contributed by atoms with Crippen molar-refractivity contribution in [3.05, 3.63) is 24.3 Å². The third-order valence-electron chi connectivity index (χ3n) is 2.47. The SMILES string of the molecule is O=S(=O)(NC1CNC1)c1ccc(OC(F)(F)F)cc1. The molecule has 0 bridgehead atoms. The van der Waals surface area contributed by atoms with Crippen LogP contribution in [0.5, 0.6) is 5.75 Å². The highest BCUT2D eigenvalue weighted by atomic mass is 32.2. The highest BCUT2D eigenvalue weighted by Crippen LogP contribution is 2.23. The summed E-state index contributed by atoms with van der Waals surface area (Å²) in [4.78, 5) is -0.103. The van der Waals surface area contributed by atoms with Gasteiger partial charge >= 0.3 is 6.36 Å². The Morgan fingerprint density at radius 3 is 2.21 bits per heavy atom. The molecule has 9 heteroatoms. The summed E-state index contributed by atoms with van der Waals surface area (Å²) in [6.07, 6.45) is -4.80. The molecule has 1 saturated heterocycles. The van der Waals surface area contributed by atoms with Gasteiger partial charge in [0.15, 0.2) is 0 Å². The molecule has 0 aromatic heterocycles. The van der Waals surface area contributed by atoms with Crippen LogP contribution < -0.4 is 14.8 Å². The predicted molar refractivity (Wildman–Crippen MR) is 60.1 cm³/mol. The van der Waals surface area contributed by atoms with E-state index in [0.29, 0.717) is 13.1 Å². The Bertz CT molecular complexity index is 538. The van der Waals surface area contributed by atoms with Crippen molar-refractivity contribution >= 4 is 10.0 Å². The largest absolute Gasteiger partial charge is 0.573 e. The second kappa shape index (κ2) is 4.99. The van der Waals surface area contributed by atoms with E-state index in [9.17, 15) is 21.6 Å². The van der Waals surface area contributed by atoms with Gasteiger partial charge in [0.2, 0.25) is 10.0 Å². The molecule has 106 valence electrons. The molecule has 1 aromatic rings. The van der Waals surface area contributed by atoms with Gasteiger partial charge in [0.25, 0.3) is 0 Å². The summed E-state index contributed by atoms with van der Waals surface area (Å²) in [5.74, 6) is -0.461. The van der Waals surface area contributed by atoms with Gasteiger partial charge in [-0.3, -0.25) is 0 Å². The van der Waals surface area contributed by atoms with Crippen LogP contribution in [0.15, 0.2) is 29.2 Å². The van der Waals surface area contributed by atoms with E-state index in [0.717, 1.165) is 24.3 Å². The number of nitrogens with one attached hydrogen (secondary N) is 2. The topological polar surface area (TPSA) is 67.4 Å². The van der Waals surface area contributed by atoms with Crippen molar-refractivity contribution in [2.45, 2.75) is 17.3 Å². The van der Waals surface area contributed by atoms with Gasteiger partial charge in [-0.2, -0.15) is 0 Å². The maximum absolute atomic E-state index is 11.9. The third kappa shape index (κ3) is 3.82. The van der Waals surface area contributed by atoms with Crippen molar-refractivity contribution in [1.29, 1.82) is 0 Å². The van der Waals surface area contributed by atoms with Gasteiger partial charge in [0, 0.05) is 19.1 Å². The second-order valence-corrected chi connectivity index (χ2v) is 5.71. The second-order valence-electron chi connectivity index (χ2n) is 4.00. The van der Waals surface area contributed by atoms with E-state index in [4.69, 9.17) is 0 Å². The van der Waals surface area contributed by atoms with Gasteiger partial charge in [-0.05, 0) is 24.3 Å². The number of ether oxygens (including phenoxy) is 1. The Morgan fingerprint density at radius 1 is 1.21 bits per heavy atom. The van der Waals surface area contributed by atoms with E-state index < -0.39 is 22.1 Å². The van der Waals surface area contributed by atoms with Crippen molar-refractivity contribution < 1.29 is 26.3 Å². The fourth-order valence-electron chi connectivity index (χ4n) is 1.48. The molecule has 1 aromatic carbocycles. The molecule has 0 saturated carbocycles. The molecule has 2 rings (SSSR count). The summed E-state index contributed by atoms with van der Waals surface area (Å²) in [5.41, 5.74) is 0. The summed E-state index contributed by atoms with van der Waals surface area (Å²) >= 11 is 0. The first-order valence-electron chi connectivity index (χ1n) is 5.35. The summed E-state index contributed by atoms with van der Waals surface area (Å²) in [5, 5.41) is 2.90. The van der Waals surface area contributed by atoms with Crippen molar-refractivity contribution in [3.63, 3.8) is 0 Å². The summed E-state index contributed by atoms with van der Waals surface area (Å²) in [6, 6.07) is 3.86. The van der Waals surface area contributed by atoms with Crippen molar-refractivity contribution in [2.75, 3.05) is 13.1 Å². The minimum atomic E-state index is -4.80. The molecule has 0 atom stereocenters. The zero-order valence-electron chi connectivity index (χ0n) is 9.57. The molecule has 0 aliphatic carbocycles. The van der Waals surface area contributed by atoms with E-state index >= 15 is 0 Å². The lowest BCUT2D eigenvalue weighted by Crippen LogP contribution is -2.56. The Hall–Kier alpha value is -1.32. The molecule has 0 radical (unpaired) electrons. The fourth-order valence-corrected chi connectivity index (χ4v) is 2.72. The molecule has 0 spiro atoms. The number of alkyl halides is 3. The fraction of sp³-hybridized carbons (Fsp3) is 0.400. The Balaban J connectivity index is 2.08. The van der Waals surface area contributed by atoms with Crippen molar-refractivity contribution in [3.8, 4) is 5.75 Å². The monoisotopic (exact) mass is 296 g/mol. The van der Waals surface area contributed by atoms with E-state index in [1.54, 1.807) is 0 Å². The predicted octanol–water partition coefficient (Wildman–Crippen LogP) is 0.835. The van der Waals surface area contributed by atoms with Crippen LogP contribution in [-0.4, -0.2) is 33.9 Å². The van der Waals surface area contributed by atoms with E-state index in [1.165, 1.54) is 0 Å². The summed E-state index contributed by atoms with van der Waals surface area (Å²) < 4.78 is 65.6. The highest BCUT2D eigenvalue weighted by molar-refractivity contribution is 7.89. The Morgan fingerprint density at radius 2 is 1.79 bits per heavy atom. The van der Waals surface area contributed by atoms with Crippen LogP contribution in [0.1, 0.15) is 0 Å². The number of hydrogen-bond acceptors (Lipinski definition) is 4. The minimum absolute atomic E-state index is 0.103. The molecule has 5 nitrogen and oxygen atoms in total. The molecule has 1 fully saturated rings. The van der Waals surface area contributed by atoms with E-state index in [2.05, 4.69) is 14.8 Å². The molecule has 1 aliphatic heterocycles. The maximum Gasteiger partial charge on any atom is 0.573 e. The summed E-state index contributed by atoms with van der Waals surface area (Å²) in [6.45, 7) is 1.07. The standard InChI is InChI=1S/C10H11F3N2O3S/c11-10(12,13)18-8-1-3-9(4-2-8)19(16,17)15-7-5-14-6-7/h1-4,7,14-15H,5-6H2. The zero-order chi connectivity index (χ0) is 14.1. The Labute approximate surface area is 107 Å². The third-order valence-corrected chi connectivity index (χ3v) is 4.01. The van der Waals surface area contributed by atoms with E-state index in [-0.39, 0.29) is 10.9 Å². The Kier molecular flexibility index (Phi) is 3.70. The molecule has 1 heterocycles. The number of hydrogen-bond donors (Lipinski definition) is 2. The first kappa shape index (κ1) is 14.1. The first-order chi connectivity index (χ1) is 8.76. The molecular weight excluding hydrogens is 285 g/mol. The van der Waals surface area contributed by atoms with Crippen molar-refractivity contribution in [1.82, 2.24) is 10.0 Å². The van der Waals surface area contributed by atoms with Crippen LogP contribution in [0.3, 0.4) is 0 Å². The quantitative estimate of drug-likeness (QED) is 0.864. The lowest BCUT2D eigenvalue weighted by Gasteiger charge is -2.27. The molecule has 2 N–H and O–H groups in total. The first-order valence-corrected chi connectivity index (χ1v) is 6.83. The average molecular weight is 296 g/mol. The van der Waals surface area contributed by atoms with Crippen molar-refractivity contribution in [2.24, 2.45) is 0 Å². The maximum atomic E-state index is 11.9. The zero-order valence-corrected chi connectivity index (χ0v) is 10.4.